The molecule has 1 aromatic rings. The number of nitrogens with one attached hydrogen (secondary N) is 2. The second-order valence-corrected chi connectivity index (χ2v) is 4.38. The molecule has 20 heavy (non-hydrogen) atoms. The van der Waals surface area contributed by atoms with Crippen molar-refractivity contribution in [2.24, 2.45) is 5.73 Å². The van der Waals surface area contributed by atoms with E-state index in [2.05, 4.69) is 10.6 Å². The third-order valence-corrected chi connectivity index (χ3v) is 2.54. The van der Waals surface area contributed by atoms with Gasteiger partial charge in [-0.25, -0.2) is 9.59 Å². The van der Waals surface area contributed by atoms with E-state index in [1.807, 2.05) is 31.2 Å². The molecule has 0 aromatic heterocycles. The number of benzene rings is 1. The Morgan fingerprint density at radius 1 is 1.35 bits per heavy atom. The van der Waals surface area contributed by atoms with E-state index >= 15 is 0 Å². The van der Waals surface area contributed by atoms with Crippen molar-refractivity contribution in [3.05, 3.63) is 35.4 Å². The van der Waals surface area contributed by atoms with E-state index in [9.17, 15) is 14.4 Å². The Morgan fingerprint density at radius 2 is 2.05 bits per heavy atom. The Bertz CT molecular complexity index is 516. The van der Waals surface area contributed by atoms with E-state index in [1.54, 1.807) is 0 Å². The first-order chi connectivity index (χ1) is 9.38. The lowest BCUT2D eigenvalue weighted by Gasteiger charge is -2.13. The molecule has 5 N–H and O–H groups in total. The normalized spacial score (nSPS) is 11.4. The smallest absolute Gasteiger partial charge is 0.326 e. The van der Waals surface area contributed by atoms with Gasteiger partial charge in [-0.15, -0.1) is 0 Å². The molecule has 0 aliphatic rings. The summed E-state index contributed by atoms with van der Waals surface area (Å²) in [7, 11) is 0. The first kappa shape index (κ1) is 15.5. The fourth-order valence-corrected chi connectivity index (χ4v) is 1.61. The van der Waals surface area contributed by atoms with E-state index in [1.165, 1.54) is 0 Å². The summed E-state index contributed by atoms with van der Waals surface area (Å²) in [6.07, 6.45) is -0.451. The quantitative estimate of drug-likeness (QED) is 0.591. The maximum absolute atomic E-state index is 11.6. The fourth-order valence-electron chi connectivity index (χ4n) is 1.61. The zero-order valence-corrected chi connectivity index (χ0v) is 11.1. The van der Waals surface area contributed by atoms with Gasteiger partial charge in [-0.3, -0.25) is 4.79 Å². The Morgan fingerprint density at radius 3 is 2.60 bits per heavy atom. The number of primary amides is 1. The summed E-state index contributed by atoms with van der Waals surface area (Å²) in [6.45, 7) is 2.19. The van der Waals surface area contributed by atoms with Crippen LogP contribution in [0.5, 0.6) is 0 Å². The summed E-state index contributed by atoms with van der Waals surface area (Å²) in [5.74, 6) is -2.11. The number of hydrogen-bond acceptors (Lipinski definition) is 3. The van der Waals surface area contributed by atoms with Crippen LogP contribution in [0, 0.1) is 6.92 Å². The highest BCUT2D eigenvalue weighted by Crippen LogP contribution is 2.03. The lowest BCUT2D eigenvalue weighted by atomic mass is 10.1. The van der Waals surface area contributed by atoms with Crippen molar-refractivity contribution >= 4 is 17.9 Å². The van der Waals surface area contributed by atoms with Crippen molar-refractivity contribution in [1.29, 1.82) is 0 Å². The van der Waals surface area contributed by atoms with Crippen LogP contribution in [0.1, 0.15) is 17.5 Å². The lowest BCUT2D eigenvalue weighted by molar-refractivity contribution is -0.140. The Hall–Kier alpha value is -2.57. The number of amides is 3. The van der Waals surface area contributed by atoms with Gasteiger partial charge in [0.25, 0.3) is 0 Å². The summed E-state index contributed by atoms with van der Waals surface area (Å²) in [5, 5.41) is 13.5. The van der Waals surface area contributed by atoms with Gasteiger partial charge in [0.05, 0.1) is 6.42 Å². The molecule has 0 aliphatic carbocycles. The summed E-state index contributed by atoms with van der Waals surface area (Å²) < 4.78 is 0. The maximum Gasteiger partial charge on any atom is 0.326 e. The van der Waals surface area contributed by atoms with Crippen LogP contribution in [0.25, 0.3) is 0 Å². The number of aliphatic carboxylic acids is 1. The minimum Gasteiger partial charge on any atom is -0.480 e. The number of carbonyl (C=O) groups excluding carboxylic acids is 2. The van der Waals surface area contributed by atoms with Crippen LogP contribution >= 0.6 is 0 Å². The highest BCUT2D eigenvalue weighted by molar-refractivity contribution is 5.87. The Kier molecular flexibility index (Phi) is 5.52. The molecule has 7 nitrogen and oxygen atoms in total. The third kappa shape index (κ3) is 5.38. The number of carboxylic acids is 1. The number of hydrogen-bond donors (Lipinski definition) is 4. The molecule has 0 saturated heterocycles. The highest BCUT2D eigenvalue weighted by Gasteiger charge is 2.21. The van der Waals surface area contributed by atoms with Crippen LogP contribution in [-0.4, -0.2) is 29.1 Å². The molecule has 0 heterocycles. The van der Waals surface area contributed by atoms with Crippen LogP contribution in [-0.2, 0) is 16.1 Å². The molecule has 0 saturated carbocycles. The topological polar surface area (TPSA) is 122 Å². The maximum atomic E-state index is 11.6. The van der Waals surface area contributed by atoms with Crippen LogP contribution in [0.15, 0.2) is 24.3 Å². The fraction of sp³-hybridized carbons (Fsp3) is 0.308. The number of urea groups is 1. The average molecular weight is 279 g/mol. The van der Waals surface area contributed by atoms with Gasteiger partial charge in [0.15, 0.2) is 0 Å². The summed E-state index contributed by atoms with van der Waals surface area (Å²) in [6, 6.07) is 5.53. The summed E-state index contributed by atoms with van der Waals surface area (Å²) in [5.41, 5.74) is 6.86. The van der Waals surface area contributed by atoms with E-state index in [0.29, 0.717) is 0 Å². The zero-order chi connectivity index (χ0) is 15.1. The average Bonchev–Trinajstić information content (AvgIpc) is 2.35. The molecule has 1 rings (SSSR count). The molecule has 7 heteroatoms. The van der Waals surface area contributed by atoms with E-state index in [-0.39, 0.29) is 6.54 Å². The Labute approximate surface area is 116 Å². The SMILES string of the molecule is Cc1cccc(CNC(=O)N[C@H](CC(N)=O)C(=O)O)c1. The second-order valence-electron chi connectivity index (χ2n) is 4.38. The molecule has 1 atom stereocenters. The van der Waals surface area contributed by atoms with Crippen molar-refractivity contribution in [2.45, 2.75) is 25.9 Å². The van der Waals surface area contributed by atoms with Gasteiger partial charge in [-0.1, -0.05) is 29.8 Å². The minimum atomic E-state index is -1.33. The van der Waals surface area contributed by atoms with Gasteiger partial charge in [-0.2, -0.15) is 0 Å². The van der Waals surface area contributed by atoms with Crippen molar-refractivity contribution in [3.63, 3.8) is 0 Å². The highest BCUT2D eigenvalue weighted by atomic mass is 16.4. The molecule has 0 spiro atoms. The molecule has 1 aromatic carbocycles. The molecule has 3 amide bonds. The molecule has 108 valence electrons. The number of carboxylic acid groups (broad SMARTS) is 1. The molecule has 0 bridgehead atoms. The molecule has 0 fully saturated rings. The lowest BCUT2D eigenvalue weighted by Crippen LogP contribution is -2.47. The van der Waals surface area contributed by atoms with Gasteiger partial charge in [0.1, 0.15) is 6.04 Å². The van der Waals surface area contributed by atoms with Crippen molar-refractivity contribution in [1.82, 2.24) is 10.6 Å². The standard InChI is InChI=1S/C13H17N3O4/c1-8-3-2-4-9(5-8)7-15-13(20)16-10(12(18)19)6-11(14)17/h2-5,10H,6-7H2,1H3,(H2,14,17)(H,18,19)(H2,15,16,20)/t10-/m1/s1. The van der Waals surface area contributed by atoms with Gasteiger partial charge in [0.2, 0.25) is 5.91 Å². The van der Waals surface area contributed by atoms with Crippen LogP contribution in [0.3, 0.4) is 0 Å². The largest absolute Gasteiger partial charge is 0.480 e. The minimum absolute atomic E-state index is 0.260. The van der Waals surface area contributed by atoms with Crippen molar-refractivity contribution in [3.8, 4) is 0 Å². The molecule has 0 unspecified atom stereocenters. The number of rotatable bonds is 6. The monoisotopic (exact) mass is 279 g/mol. The Balaban J connectivity index is 2.49. The van der Waals surface area contributed by atoms with Crippen molar-refractivity contribution < 1.29 is 19.5 Å². The number of carbonyl (C=O) groups is 3. The van der Waals surface area contributed by atoms with Crippen LogP contribution in [0.4, 0.5) is 4.79 Å². The number of aryl methyl sites for hydroxylation is 1. The molecule has 0 radical (unpaired) electrons. The predicted molar refractivity (Wildman–Crippen MR) is 71.8 cm³/mol. The van der Waals surface area contributed by atoms with E-state index < -0.39 is 30.4 Å². The predicted octanol–water partition coefficient (Wildman–Crippen LogP) is 0.123. The molecular formula is C13H17N3O4. The number of nitrogens with two attached hydrogens (primary N) is 1. The van der Waals surface area contributed by atoms with Gasteiger partial charge >= 0.3 is 12.0 Å². The first-order valence-electron chi connectivity index (χ1n) is 5.99. The van der Waals surface area contributed by atoms with E-state index in [0.717, 1.165) is 11.1 Å². The third-order valence-electron chi connectivity index (χ3n) is 2.54. The second kappa shape index (κ2) is 7.13. The van der Waals surface area contributed by atoms with Gasteiger partial charge in [-0.05, 0) is 12.5 Å². The molecular weight excluding hydrogens is 262 g/mol. The van der Waals surface area contributed by atoms with Gasteiger partial charge < -0.3 is 21.5 Å². The first-order valence-corrected chi connectivity index (χ1v) is 5.99. The molecule has 0 aliphatic heterocycles. The van der Waals surface area contributed by atoms with E-state index in [4.69, 9.17) is 10.8 Å². The summed E-state index contributed by atoms with van der Waals surface area (Å²) in [4.78, 5) is 33.1. The van der Waals surface area contributed by atoms with Crippen LogP contribution < -0.4 is 16.4 Å². The van der Waals surface area contributed by atoms with Gasteiger partial charge in [0, 0.05) is 6.54 Å². The van der Waals surface area contributed by atoms with Crippen LogP contribution in [0.2, 0.25) is 0 Å². The zero-order valence-electron chi connectivity index (χ0n) is 11.1. The summed E-state index contributed by atoms with van der Waals surface area (Å²) >= 11 is 0. The van der Waals surface area contributed by atoms with Crippen molar-refractivity contribution in [2.75, 3.05) is 0 Å².